The molecule has 3 nitrogen and oxygen atoms in total. The predicted molar refractivity (Wildman–Crippen MR) is 92.0 cm³/mol. The highest BCUT2D eigenvalue weighted by molar-refractivity contribution is 5.82. The molecule has 0 amide bonds. The van der Waals surface area contributed by atoms with Crippen LogP contribution in [0.5, 0.6) is 11.5 Å². The van der Waals surface area contributed by atoms with Crippen LogP contribution in [0.15, 0.2) is 43.2 Å². The molecule has 4 rings (SSSR count). The number of hydrogen-bond acceptors (Lipinski definition) is 3. The summed E-state index contributed by atoms with van der Waals surface area (Å²) >= 11 is 0. The summed E-state index contributed by atoms with van der Waals surface area (Å²) < 4.78 is 11.3. The van der Waals surface area contributed by atoms with E-state index in [1.165, 1.54) is 34.1 Å². The summed E-state index contributed by atoms with van der Waals surface area (Å²) in [5.41, 5.74) is 6.71. The molecule has 2 aromatic carbocycles. The molecule has 0 spiro atoms. The van der Waals surface area contributed by atoms with Crippen LogP contribution in [0.2, 0.25) is 0 Å². The molecule has 23 heavy (non-hydrogen) atoms. The topological polar surface area (TPSA) is 21.7 Å². The fraction of sp³-hybridized carbons (Fsp3) is 0.300. The van der Waals surface area contributed by atoms with Crippen LogP contribution in [-0.4, -0.2) is 25.6 Å². The molecule has 1 atom stereocenters. The van der Waals surface area contributed by atoms with E-state index in [4.69, 9.17) is 9.47 Å². The first-order valence-corrected chi connectivity index (χ1v) is 8.04. The van der Waals surface area contributed by atoms with Crippen LogP contribution in [0.25, 0.3) is 11.1 Å². The summed E-state index contributed by atoms with van der Waals surface area (Å²) in [6.07, 6.45) is 3.57. The first-order valence-electron chi connectivity index (χ1n) is 8.04. The fourth-order valence-corrected chi connectivity index (χ4v) is 4.04. The van der Waals surface area contributed by atoms with Gasteiger partial charge in [0.1, 0.15) is 0 Å². The summed E-state index contributed by atoms with van der Waals surface area (Å²) in [5, 5.41) is 0. The van der Waals surface area contributed by atoms with E-state index in [1.54, 1.807) is 7.11 Å². The van der Waals surface area contributed by atoms with Crippen LogP contribution in [0.3, 0.4) is 0 Å². The number of nitrogens with zero attached hydrogens (tertiary/aromatic N) is 1. The summed E-state index contributed by atoms with van der Waals surface area (Å²) in [4.78, 5) is 2.47. The van der Waals surface area contributed by atoms with Gasteiger partial charge < -0.3 is 9.47 Å². The molecular formula is C20H21NO2. The van der Waals surface area contributed by atoms with Crippen LogP contribution in [0, 0.1) is 0 Å². The molecule has 0 unspecified atom stereocenters. The van der Waals surface area contributed by atoms with Gasteiger partial charge in [-0.1, -0.05) is 30.8 Å². The highest BCUT2D eigenvalue weighted by Gasteiger charge is 2.34. The van der Waals surface area contributed by atoms with E-state index in [0.29, 0.717) is 6.04 Å². The number of rotatable bonds is 3. The van der Waals surface area contributed by atoms with Crippen molar-refractivity contribution in [1.82, 2.24) is 4.90 Å². The van der Waals surface area contributed by atoms with E-state index in [-0.39, 0.29) is 0 Å². The van der Waals surface area contributed by atoms with Crippen molar-refractivity contribution in [3.8, 4) is 22.6 Å². The fourth-order valence-electron chi connectivity index (χ4n) is 4.04. The van der Waals surface area contributed by atoms with Gasteiger partial charge in [0.15, 0.2) is 11.5 Å². The highest BCUT2D eigenvalue weighted by Crippen LogP contribution is 2.50. The number of benzene rings is 2. The van der Waals surface area contributed by atoms with E-state index in [0.717, 1.165) is 30.9 Å². The molecule has 2 aromatic rings. The number of methoxy groups -OCH3 is 1. The first-order chi connectivity index (χ1) is 11.2. The van der Waals surface area contributed by atoms with Gasteiger partial charge in [0, 0.05) is 18.2 Å². The first kappa shape index (κ1) is 14.3. The molecule has 118 valence electrons. The standard InChI is InChI=1S/C20H21NO2/c1-4-23-17-9-8-14-12-16-18-13(10-11-21(16)2)6-5-7-15(18)19(14)20(17)22-3/h4-9,16H,1,10-12H2,2-3H3/t16-/m1/s1. The molecule has 1 aliphatic carbocycles. The van der Waals surface area contributed by atoms with Crippen molar-refractivity contribution in [3.05, 3.63) is 59.9 Å². The zero-order valence-corrected chi connectivity index (χ0v) is 13.6. The van der Waals surface area contributed by atoms with E-state index in [2.05, 4.69) is 42.8 Å². The van der Waals surface area contributed by atoms with Gasteiger partial charge in [-0.25, -0.2) is 0 Å². The normalized spacial score (nSPS) is 18.8. The Morgan fingerprint density at radius 2 is 2.09 bits per heavy atom. The maximum Gasteiger partial charge on any atom is 0.169 e. The minimum absolute atomic E-state index is 0.457. The quantitative estimate of drug-likeness (QED) is 0.801. The third-order valence-electron chi connectivity index (χ3n) is 5.10. The lowest BCUT2D eigenvalue weighted by atomic mass is 9.77. The van der Waals surface area contributed by atoms with Crippen LogP contribution in [0.4, 0.5) is 0 Å². The molecule has 0 N–H and O–H groups in total. The Morgan fingerprint density at radius 3 is 2.87 bits per heavy atom. The summed E-state index contributed by atoms with van der Waals surface area (Å²) in [6.45, 7) is 4.78. The highest BCUT2D eigenvalue weighted by atomic mass is 16.5. The lowest BCUT2D eigenvalue weighted by Crippen LogP contribution is -2.35. The van der Waals surface area contributed by atoms with Crippen molar-refractivity contribution >= 4 is 0 Å². The maximum atomic E-state index is 5.72. The monoisotopic (exact) mass is 307 g/mol. The smallest absolute Gasteiger partial charge is 0.169 e. The second kappa shape index (κ2) is 5.43. The zero-order valence-electron chi connectivity index (χ0n) is 13.6. The van der Waals surface area contributed by atoms with Crippen LogP contribution < -0.4 is 9.47 Å². The molecule has 0 radical (unpaired) electrons. The molecule has 0 fully saturated rings. The van der Waals surface area contributed by atoms with Crippen LogP contribution >= 0.6 is 0 Å². The number of hydrogen-bond donors (Lipinski definition) is 0. The largest absolute Gasteiger partial charge is 0.492 e. The van der Waals surface area contributed by atoms with Gasteiger partial charge in [-0.2, -0.15) is 0 Å². The summed E-state index contributed by atoms with van der Waals surface area (Å²) in [5.74, 6) is 1.53. The molecule has 1 heterocycles. The van der Waals surface area contributed by atoms with Crippen molar-refractivity contribution < 1.29 is 9.47 Å². The Kier molecular flexibility index (Phi) is 3.38. The van der Waals surface area contributed by atoms with Gasteiger partial charge in [0.2, 0.25) is 0 Å². The van der Waals surface area contributed by atoms with Gasteiger partial charge in [-0.3, -0.25) is 4.90 Å². The lowest BCUT2D eigenvalue weighted by Gasteiger charge is -2.40. The van der Waals surface area contributed by atoms with Crippen molar-refractivity contribution in [3.63, 3.8) is 0 Å². The van der Waals surface area contributed by atoms with E-state index >= 15 is 0 Å². The molecule has 0 bridgehead atoms. The number of ether oxygens (including phenoxy) is 2. The number of fused-ring (bicyclic) bond motifs is 2. The minimum Gasteiger partial charge on any atom is -0.492 e. The van der Waals surface area contributed by atoms with E-state index in [9.17, 15) is 0 Å². The average Bonchev–Trinajstić information content (AvgIpc) is 2.58. The Balaban J connectivity index is 2.00. The van der Waals surface area contributed by atoms with Crippen molar-refractivity contribution in [1.29, 1.82) is 0 Å². The third kappa shape index (κ3) is 2.07. The van der Waals surface area contributed by atoms with Crippen molar-refractivity contribution in [2.45, 2.75) is 18.9 Å². The average molecular weight is 307 g/mol. The van der Waals surface area contributed by atoms with Gasteiger partial charge in [-0.05, 0) is 48.2 Å². The Bertz CT molecular complexity index is 781. The summed E-state index contributed by atoms with van der Waals surface area (Å²) in [7, 11) is 3.93. The molecule has 1 aliphatic heterocycles. The van der Waals surface area contributed by atoms with Gasteiger partial charge in [-0.15, -0.1) is 0 Å². The van der Waals surface area contributed by atoms with Gasteiger partial charge in [0.25, 0.3) is 0 Å². The molecule has 0 aromatic heterocycles. The SMILES string of the molecule is C=COc1ccc2c(c1OC)-c1cccc3c1[C@@H](C2)N(C)CC3. The second-order valence-corrected chi connectivity index (χ2v) is 6.24. The maximum absolute atomic E-state index is 5.72. The molecule has 3 heteroatoms. The lowest BCUT2D eigenvalue weighted by molar-refractivity contribution is 0.228. The Labute approximate surface area is 137 Å². The van der Waals surface area contributed by atoms with Crippen molar-refractivity contribution in [2.24, 2.45) is 0 Å². The van der Waals surface area contributed by atoms with Crippen LogP contribution in [0.1, 0.15) is 22.7 Å². The minimum atomic E-state index is 0.457. The number of likely N-dealkylation sites (N-methyl/N-ethyl adjacent to an activating group) is 1. The molecular weight excluding hydrogens is 286 g/mol. The second-order valence-electron chi connectivity index (χ2n) is 6.24. The molecule has 0 saturated carbocycles. The third-order valence-corrected chi connectivity index (χ3v) is 5.10. The van der Waals surface area contributed by atoms with Crippen LogP contribution in [-0.2, 0) is 12.8 Å². The Hall–Kier alpha value is -2.26. The zero-order chi connectivity index (χ0) is 16.0. The predicted octanol–water partition coefficient (Wildman–Crippen LogP) is 3.97. The van der Waals surface area contributed by atoms with Gasteiger partial charge in [0.05, 0.1) is 13.4 Å². The van der Waals surface area contributed by atoms with Gasteiger partial charge >= 0.3 is 0 Å². The summed E-state index contributed by atoms with van der Waals surface area (Å²) in [6, 6.07) is 11.2. The van der Waals surface area contributed by atoms with Crippen molar-refractivity contribution in [2.75, 3.05) is 20.7 Å². The van der Waals surface area contributed by atoms with E-state index in [1.807, 2.05) is 6.07 Å². The Morgan fingerprint density at radius 1 is 1.22 bits per heavy atom. The molecule has 2 aliphatic rings. The van der Waals surface area contributed by atoms with E-state index < -0.39 is 0 Å². The molecule has 0 saturated heterocycles.